The maximum Gasteiger partial charge on any atom is 0.472 e. The van der Waals surface area contributed by atoms with E-state index in [-0.39, 0.29) is 36.3 Å². The number of rotatable bonds is 12. The standard InChI is InChI=1S/C22H32N9O12P/c1-3-38-14-12(33)10(42-18(14)30-7-25-11-16(30)27-21(24)28-17(11)34)6-40-44(36,37)43-13-9(5-32)41-19(15(13)39-4-2)31-8-26-20(23)29-22(31)35/h7-10,12-15,18-19,32-33H,3-6H2,1-2H3,(H,36,37)(H2,23,29,35)(H3,24,27,28,34)/t9-,10?,12+,13+,14?,15?,18-,19-/m1/s1. The number of aliphatic hydroxyl groups is 2. The highest BCUT2D eigenvalue weighted by molar-refractivity contribution is 7.47. The third kappa shape index (κ3) is 6.24. The number of nitrogens with one attached hydrogen (secondary N) is 1. The number of nitrogen functional groups attached to an aromatic ring is 2. The summed E-state index contributed by atoms with van der Waals surface area (Å²) in [7, 11) is -4.97. The van der Waals surface area contributed by atoms with E-state index < -0.39 is 81.4 Å². The zero-order valence-corrected chi connectivity index (χ0v) is 24.3. The highest BCUT2D eigenvalue weighted by Crippen LogP contribution is 2.49. The summed E-state index contributed by atoms with van der Waals surface area (Å²) >= 11 is 0. The van der Waals surface area contributed by atoms with E-state index in [0.717, 1.165) is 10.9 Å². The van der Waals surface area contributed by atoms with Crippen LogP contribution in [0.3, 0.4) is 0 Å². The molecule has 0 spiro atoms. The van der Waals surface area contributed by atoms with Crippen molar-refractivity contribution >= 4 is 30.9 Å². The van der Waals surface area contributed by atoms with E-state index in [2.05, 4.69) is 24.9 Å². The number of aliphatic hydroxyl groups excluding tert-OH is 2. The van der Waals surface area contributed by atoms with Gasteiger partial charge in [0.25, 0.3) is 5.56 Å². The Balaban J connectivity index is 1.32. The highest BCUT2D eigenvalue weighted by Gasteiger charge is 2.51. The number of aromatic amines is 1. The highest BCUT2D eigenvalue weighted by atomic mass is 31.2. The summed E-state index contributed by atoms with van der Waals surface area (Å²) < 4.78 is 49.0. The summed E-state index contributed by atoms with van der Waals surface area (Å²) in [6, 6.07) is 0. The number of imidazole rings is 1. The second-order valence-electron chi connectivity index (χ2n) is 9.66. The average molecular weight is 646 g/mol. The van der Waals surface area contributed by atoms with Gasteiger partial charge >= 0.3 is 13.5 Å². The van der Waals surface area contributed by atoms with E-state index in [9.17, 15) is 29.3 Å². The summed E-state index contributed by atoms with van der Waals surface area (Å²) in [6.07, 6.45) is -7.49. The lowest BCUT2D eigenvalue weighted by Crippen LogP contribution is -2.40. The van der Waals surface area contributed by atoms with E-state index >= 15 is 0 Å². The molecule has 2 saturated heterocycles. The fourth-order valence-electron chi connectivity index (χ4n) is 5.04. The van der Waals surface area contributed by atoms with E-state index in [1.54, 1.807) is 13.8 Å². The SMILES string of the molecule is CCOC1[C@@H](OP(=O)(O)OCC2O[C@@H](n3cnc4c(=O)[nH]c(N)nc43)C(OCC)[C@H]2O)[C@@H](CO)O[C@H]1n1cnc(N)nc1=O. The van der Waals surface area contributed by atoms with E-state index in [1.165, 1.54) is 10.9 Å². The summed E-state index contributed by atoms with van der Waals surface area (Å²) in [5.41, 5.74) is 9.73. The predicted molar refractivity (Wildman–Crippen MR) is 146 cm³/mol. The minimum absolute atomic E-state index is 0.0346. The molecule has 8 N–H and O–H groups in total. The van der Waals surface area contributed by atoms with Crippen LogP contribution >= 0.6 is 7.82 Å². The molecule has 3 aromatic heterocycles. The number of ether oxygens (including phenoxy) is 4. The van der Waals surface area contributed by atoms with Gasteiger partial charge in [-0.25, -0.2) is 19.3 Å². The second-order valence-corrected chi connectivity index (χ2v) is 11.1. The van der Waals surface area contributed by atoms with Crippen LogP contribution in [-0.2, 0) is 32.6 Å². The number of nitrogens with zero attached hydrogens (tertiary/aromatic N) is 6. The van der Waals surface area contributed by atoms with Gasteiger partial charge in [-0.3, -0.25) is 28.0 Å². The quantitative estimate of drug-likeness (QED) is 0.110. The van der Waals surface area contributed by atoms with Crippen LogP contribution < -0.4 is 22.7 Å². The van der Waals surface area contributed by atoms with Gasteiger partial charge in [0.05, 0.1) is 19.5 Å². The first-order chi connectivity index (χ1) is 21.0. The lowest BCUT2D eigenvalue weighted by Gasteiger charge is -2.26. The van der Waals surface area contributed by atoms with Crippen LogP contribution in [0.4, 0.5) is 11.9 Å². The molecule has 0 amide bonds. The Hall–Kier alpha value is -3.37. The van der Waals surface area contributed by atoms with Crippen molar-refractivity contribution in [1.29, 1.82) is 0 Å². The van der Waals surface area contributed by atoms with Gasteiger partial charge in [0, 0.05) is 13.2 Å². The molecule has 2 aliphatic heterocycles. The Morgan fingerprint density at radius 1 is 1.00 bits per heavy atom. The van der Waals surface area contributed by atoms with E-state index in [4.69, 9.17) is 39.5 Å². The number of phosphoric acid groups is 1. The molecule has 2 aliphatic rings. The van der Waals surface area contributed by atoms with Crippen molar-refractivity contribution in [2.75, 3.05) is 37.9 Å². The van der Waals surface area contributed by atoms with Crippen LogP contribution in [0.1, 0.15) is 26.3 Å². The number of nitrogens with two attached hydrogens (primary N) is 2. The van der Waals surface area contributed by atoms with Crippen LogP contribution in [0.5, 0.6) is 0 Å². The molecular formula is C22H32N9O12P. The van der Waals surface area contributed by atoms with Crippen molar-refractivity contribution in [2.24, 2.45) is 0 Å². The number of aromatic nitrogens is 7. The van der Waals surface area contributed by atoms with Crippen molar-refractivity contribution < 1.29 is 47.7 Å². The van der Waals surface area contributed by atoms with Crippen LogP contribution in [0, 0.1) is 0 Å². The molecule has 4 unspecified atom stereocenters. The number of H-pyrrole nitrogens is 1. The third-order valence-electron chi connectivity index (χ3n) is 6.90. The maximum absolute atomic E-state index is 13.1. The fraction of sp³-hybridized carbons (Fsp3) is 0.636. The molecule has 0 aliphatic carbocycles. The Labute approximate surface area is 247 Å². The Bertz CT molecular complexity index is 1630. The van der Waals surface area contributed by atoms with Gasteiger partial charge in [-0.1, -0.05) is 0 Å². The zero-order valence-electron chi connectivity index (χ0n) is 23.4. The average Bonchev–Trinajstić information content (AvgIpc) is 3.62. The van der Waals surface area contributed by atoms with Crippen LogP contribution in [0.25, 0.3) is 11.2 Å². The molecule has 9 atom stereocenters. The molecule has 242 valence electrons. The minimum atomic E-state index is -4.97. The molecule has 22 heteroatoms. The van der Waals surface area contributed by atoms with Crippen LogP contribution in [0.15, 0.2) is 22.2 Å². The number of phosphoric ester groups is 1. The van der Waals surface area contributed by atoms with Crippen molar-refractivity contribution in [1.82, 2.24) is 34.1 Å². The van der Waals surface area contributed by atoms with Crippen LogP contribution in [0.2, 0.25) is 0 Å². The summed E-state index contributed by atoms with van der Waals surface area (Å²) in [4.78, 5) is 53.1. The van der Waals surface area contributed by atoms with Gasteiger partial charge in [0.1, 0.15) is 43.0 Å². The van der Waals surface area contributed by atoms with Gasteiger partial charge in [-0.15, -0.1) is 0 Å². The third-order valence-corrected chi connectivity index (χ3v) is 7.88. The number of hydrogen-bond donors (Lipinski definition) is 6. The molecule has 5 heterocycles. The second kappa shape index (κ2) is 12.9. The first kappa shape index (κ1) is 32.0. The lowest BCUT2D eigenvalue weighted by atomic mass is 10.1. The number of hydrogen-bond acceptors (Lipinski definition) is 17. The van der Waals surface area contributed by atoms with Crippen molar-refractivity contribution in [3.8, 4) is 0 Å². The van der Waals surface area contributed by atoms with Crippen molar-refractivity contribution in [3.63, 3.8) is 0 Å². The van der Waals surface area contributed by atoms with Gasteiger partial charge in [0.2, 0.25) is 11.9 Å². The molecule has 2 fully saturated rings. The Morgan fingerprint density at radius 3 is 2.34 bits per heavy atom. The lowest BCUT2D eigenvalue weighted by molar-refractivity contribution is -0.0732. The smallest absolute Gasteiger partial charge is 0.394 e. The molecule has 44 heavy (non-hydrogen) atoms. The van der Waals surface area contributed by atoms with Gasteiger partial charge in [0.15, 0.2) is 23.6 Å². The monoisotopic (exact) mass is 645 g/mol. The van der Waals surface area contributed by atoms with Gasteiger partial charge in [-0.05, 0) is 13.8 Å². The molecule has 3 aromatic rings. The molecule has 0 bridgehead atoms. The summed E-state index contributed by atoms with van der Waals surface area (Å²) in [5, 5.41) is 20.9. The van der Waals surface area contributed by atoms with Crippen molar-refractivity contribution in [2.45, 2.75) is 62.9 Å². The minimum Gasteiger partial charge on any atom is -0.394 e. The molecule has 0 saturated carbocycles. The summed E-state index contributed by atoms with van der Waals surface area (Å²) in [6.45, 7) is 2.20. The first-order valence-electron chi connectivity index (χ1n) is 13.4. The predicted octanol–water partition coefficient (Wildman–Crippen LogP) is -2.60. The van der Waals surface area contributed by atoms with Gasteiger partial charge in [-0.2, -0.15) is 9.97 Å². The number of anilines is 2. The topological polar surface area (TPSA) is 297 Å². The molecular weight excluding hydrogens is 613 g/mol. The van der Waals surface area contributed by atoms with Crippen molar-refractivity contribution in [3.05, 3.63) is 33.5 Å². The molecule has 0 aromatic carbocycles. The van der Waals surface area contributed by atoms with Crippen LogP contribution in [-0.4, -0.2) is 112 Å². The van der Waals surface area contributed by atoms with Gasteiger partial charge < -0.3 is 45.5 Å². The van der Waals surface area contributed by atoms with E-state index in [0.29, 0.717) is 0 Å². The number of fused-ring (bicyclic) bond motifs is 1. The normalized spacial score (nSPS) is 30.2. The maximum atomic E-state index is 13.1. The summed E-state index contributed by atoms with van der Waals surface area (Å²) in [5.74, 6) is -0.454. The molecule has 0 radical (unpaired) electrons. The fourth-order valence-corrected chi connectivity index (χ4v) is 6.00. The first-order valence-corrected chi connectivity index (χ1v) is 14.9. The zero-order chi connectivity index (χ0) is 31.8. The molecule has 21 nitrogen and oxygen atoms in total. The molecule has 5 rings (SSSR count). The largest absolute Gasteiger partial charge is 0.472 e. The Morgan fingerprint density at radius 2 is 1.66 bits per heavy atom. The Kier molecular flexibility index (Phi) is 9.41. The van der Waals surface area contributed by atoms with E-state index in [1.807, 2.05) is 0 Å².